The average molecular weight is 278 g/mol. The highest BCUT2D eigenvalue weighted by molar-refractivity contribution is 5.86. The summed E-state index contributed by atoms with van der Waals surface area (Å²) < 4.78 is 15.1. The van der Waals surface area contributed by atoms with Crippen LogP contribution in [0.4, 0.5) is 0 Å². The molecule has 1 aromatic carbocycles. The standard InChI is InChI=1S/C15H18O5/c1-11(2)15(17)19-10-13(18-3)9-14(16)20-12-7-5-4-6-8-12/h4-8,13H,1,9-10H2,2-3H3. The van der Waals surface area contributed by atoms with Crippen LogP contribution in [0.15, 0.2) is 42.5 Å². The lowest BCUT2D eigenvalue weighted by atomic mass is 10.2. The van der Waals surface area contributed by atoms with E-state index in [1.165, 1.54) is 7.11 Å². The number of esters is 2. The van der Waals surface area contributed by atoms with Crippen LogP contribution in [0, 0.1) is 0 Å². The van der Waals surface area contributed by atoms with Crippen molar-refractivity contribution in [1.29, 1.82) is 0 Å². The van der Waals surface area contributed by atoms with Crippen LogP contribution in [-0.4, -0.2) is 31.8 Å². The Balaban J connectivity index is 2.41. The number of carbonyl (C=O) groups excluding carboxylic acids is 2. The molecular weight excluding hydrogens is 260 g/mol. The minimum atomic E-state index is -0.547. The molecule has 0 heterocycles. The Morgan fingerprint density at radius 2 is 1.90 bits per heavy atom. The van der Waals surface area contributed by atoms with Gasteiger partial charge in [0.25, 0.3) is 0 Å². The molecule has 5 heteroatoms. The fourth-order valence-electron chi connectivity index (χ4n) is 1.35. The molecule has 0 saturated heterocycles. The number of hydrogen-bond donors (Lipinski definition) is 0. The first kappa shape index (κ1) is 15.9. The molecule has 0 aliphatic rings. The van der Waals surface area contributed by atoms with E-state index >= 15 is 0 Å². The van der Waals surface area contributed by atoms with Gasteiger partial charge in [-0.3, -0.25) is 4.79 Å². The number of rotatable bonds is 7. The van der Waals surface area contributed by atoms with Gasteiger partial charge in [-0.2, -0.15) is 0 Å². The molecule has 0 spiro atoms. The molecule has 108 valence electrons. The summed E-state index contributed by atoms with van der Waals surface area (Å²) in [5, 5.41) is 0. The Hall–Kier alpha value is -2.14. The van der Waals surface area contributed by atoms with Crippen LogP contribution < -0.4 is 4.74 Å². The first-order valence-corrected chi connectivity index (χ1v) is 6.14. The van der Waals surface area contributed by atoms with Crippen molar-refractivity contribution in [3.63, 3.8) is 0 Å². The molecule has 1 aromatic rings. The number of ether oxygens (including phenoxy) is 3. The van der Waals surface area contributed by atoms with Crippen molar-refractivity contribution in [3.8, 4) is 5.75 Å². The van der Waals surface area contributed by atoms with Gasteiger partial charge in [-0.15, -0.1) is 0 Å². The molecule has 1 unspecified atom stereocenters. The van der Waals surface area contributed by atoms with Crippen LogP contribution in [0.3, 0.4) is 0 Å². The van der Waals surface area contributed by atoms with E-state index in [9.17, 15) is 9.59 Å². The van der Waals surface area contributed by atoms with Gasteiger partial charge in [0, 0.05) is 12.7 Å². The third-order valence-electron chi connectivity index (χ3n) is 2.45. The Bertz CT molecular complexity index is 466. The third-order valence-corrected chi connectivity index (χ3v) is 2.45. The molecule has 0 saturated carbocycles. The van der Waals surface area contributed by atoms with E-state index in [0.29, 0.717) is 11.3 Å². The molecular formula is C15H18O5. The van der Waals surface area contributed by atoms with Gasteiger partial charge in [-0.1, -0.05) is 24.8 Å². The van der Waals surface area contributed by atoms with Gasteiger partial charge in [0.15, 0.2) is 0 Å². The summed E-state index contributed by atoms with van der Waals surface area (Å²) in [6.07, 6.45) is -0.552. The highest BCUT2D eigenvalue weighted by atomic mass is 16.6. The van der Waals surface area contributed by atoms with Crippen molar-refractivity contribution < 1.29 is 23.8 Å². The van der Waals surface area contributed by atoms with Gasteiger partial charge in [-0.05, 0) is 19.1 Å². The Labute approximate surface area is 118 Å². The lowest BCUT2D eigenvalue weighted by molar-refractivity contribution is -0.146. The van der Waals surface area contributed by atoms with Crippen LogP contribution in [0.2, 0.25) is 0 Å². The van der Waals surface area contributed by atoms with Gasteiger partial charge >= 0.3 is 11.9 Å². The van der Waals surface area contributed by atoms with Crippen molar-refractivity contribution >= 4 is 11.9 Å². The van der Waals surface area contributed by atoms with E-state index in [1.54, 1.807) is 31.2 Å². The molecule has 0 bridgehead atoms. The summed E-state index contributed by atoms with van der Waals surface area (Å²) in [5.41, 5.74) is 0.298. The van der Waals surface area contributed by atoms with Gasteiger partial charge in [0.1, 0.15) is 18.5 Å². The molecule has 0 N–H and O–H groups in total. The van der Waals surface area contributed by atoms with E-state index in [-0.39, 0.29) is 13.0 Å². The molecule has 1 rings (SSSR count). The fourth-order valence-corrected chi connectivity index (χ4v) is 1.35. The maximum absolute atomic E-state index is 11.7. The molecule has 5 nitrogen and oxygen atoms in total. The van der Waals surface area contributed by atoms with Gasteiger partial charge in [0.2, 0.25) is 0 Å². The van der Waals surface area contributed by atoms with Crippen LogP contribution in [0.1, 0.15) is 13.3 Å². The maximum Gasteiger partial charge on any atom is 0.333 e. The smallest absolute Gasteiger partial charge is 0.333 e. The second kappa shape index (κ2) is 8.12. The van der Waals surface area contributed by atoms with Crippen LogP contribution in [0.5, 0.6) is 5.75 Å². The molecule has 0 amide bonds. The van der Waals surface area contributed by atoms with Gasteiger partial charge in [-0.25, -0.2) is 4.79 Å². The second-order valence-corrected chi connectivity index (χ2v) is 4.23. The molecule has 0 aliphatic carbocycles. The number of methoxy groups -OCH3 is 1. The Morgan fingerprint density at radius 3 is 2.45 bits per heavy atom. The first-order valence-electron chi connectivity index (χ1n) is 6.14. The number of benzene rings is 1. The zero-order valence-electron chi connectivity index (χ0n) is 11.6. The minimum Gasteiger partial charge on any atom is -0.460 e. The minimum absolute atomic E-state index is 0.00509. The zero-order valence-corrected chi connectivity index (χ0v) is 11.6. The van der Waals surface area contributed by atoms with Gasteiger partial charge < -0.3 is 14.2 Å². The lowest BCUT2D eigenvalue weighted by Crippen LogP contribution is -2.26. The molecule has 20 heavy (non-hydrogen) atoms. The highest BCUT2D eigenvalue weighted by Gasteiger charge is 2.17. The third kappa shape index (κ3) is 5.67. The topological polar surface area (TPSA) is 61.8 Å². The molecule has 1 atom stereocenters. The summed E-state index contributed by atoms with van der Waals surface area (Å²) in [7, 11) is 1.44. The molecule has 0 aliphatic heterocycles. The van der Waals surface area contributed by atoms with Crippen molar-refractivity contribution in [2.24, 2.45) is 0 Å². The van der Waals surface area contributed by atoms with Crippen LogP contribution in [0.25, 0.3) is 0 Å². The van der Waals surface area contributed by atoms with Crippen molar-refractivity contribution in [2.75, 3.05) is 13.7 Å². The summed E-state index contributed by atoms with van der Waals surface area (Å²) in [5.74, 6) is -0.496. The first-order chi connectivity index (χ1) is 9.52. The largest absolute Gasteiger partial charge is 0.460 e. The lowest BCUT2D eigenvalue weighted by Gasteiger charge is -2.14. The summed E-state index contributed by atoms with van der Waals surface area (Å²) >= 11 is 0. The monoisotopic (exact) mass is 278 g/mol. The van der Waals surface area contributed by atoms with E-state index in [4.69, 9.17) is 14.2 Å². The number of para-hydroxylation sites is 1. The van der Waals surface area contributed by atoms with E-state index < -0.39 is 18.0 Å². The van der Waals surface area contributed by atoms with Crippen LogP contribution >= 0.6 is 0 Å². The maximum atomic E-state index is 11.7. The Morgan fingerprint density at radius 1 is 1.25 bits per heavy atom. The van der Waals surface area contributed by atoms with Crippen LogP contribution in [-0.2, 0) is 19.1 Å². The summed E-state index contributed by atoms with van der Waals surface area (Å²) in [6.45, 7) is 5.00. The van der Waals surface area contributed by atoms with Gasteiger partial charge in [0.05, 0.1) is 6.42 Å². The second-order valence-electron chi connectivity index (χ2n) is 4.23. The number of hydrogen-bond acceptors (Lipinski definition) is 5. The van der Waals surface area contributed by atoms with Crippen molar-refractivity contribution in [2.45, 2.75) is 19.4 Å². The normalized spacial score (nSPS) is 11.5. The van der Waals surface area contributed by atoms with E-state index in [0.717, 1.165) is 0 Å². The van der Waals surface area contributed by atoms with Crippen molar-refractivity contribution in [1.82, 2.24) is 0 Å². The SMILES string of the molecule is C=C(C)C(=O)OCC(CC(=O)Oc1ccccc1)OC. The number of carbonyl (C=O) groups is 2. The molecule has 0 fully saturated rings. The highest BCUT2D eigenvalue weighted by Crippen LogP contribution is 2.11. The zero-order chi connectivity index (χ0) is 15.0. The summed E-state index contributed by atoms with van der Waals surface area (Å²) in [6, 6.07) is 8.73. The fraction of sp³-hybridized carbons (Fsp3) is 0.333. The molecule has 0 aromatic heterocycles. The average Bonchev–Trinajstić information content (AvgIpc) is 2.43. The van der Waals surface area contributed by atoms with E-state index in [2.05, 4.69) is 6.58 Å². The predicted molar refractivity (Wildman–Crippen MR) is 73.3 cm³/mol. The van der Waals surface area contributed by atoms with E-state index in [1.807, 2.05) is 6.07 Å². The summed E-state index contributed by atoms with van der Waals surface area (Å²) in [4.78, 5) is 22.9. The quantitative estimate of drug-likeness (QED) is 0.434. The Kier molecular flexibility index (Phi) is 6.46. The predicted octanol–water partition coefficient (Wildman–Crippen LogP) is 2.12. The molecule has 0 radical (unpaired) electrons. The van der Waals surface area contributed by atoms with Crippen molar-refractivity contribution in [3.05, 3.63) is 42.5 Å².